The fourth-order valence-corrected chi connectivity index (χ4v) is 3.35. The van der Waals surface area contributed by atoms with Crippen molar-refractivity contribution in [1.29, 1.82) is 0 Å². The Hall–Kier alpha value is -1.14. The number of hydrogen-bond acceptors (Lipinski definition) is 4. The summed E-state index contributed by atoms with van der Waals surface area (Å²) in [6.45, 7) is 6.46. The molecule has 6 heteroatoms. The molecule has 0 radical (unpaired) electrons. The van der Waals surface area contributed by atoms with E-state index in [1.165, 1.54) is 24.2 Å². The van der Waals surface area contributed by atoms with E-state index < -0.39 is 6.10 Å². The van der Waals surface area contributed by atoms with Gasteiger partial charge in [-0.3, -0.25) is 14.5 Å². The van der Waals surface area contributed by atoms with Crippen LogP contribution < -0.4 is 5.32 Å². The van der Waals surface area contributed by atoms with Gasteiger partial charge in [0.15, 0.2) is 0 Å². The Labute approximate surface area is 126 Å². The number of nitrogens with one attached hydrogen (secondary N) is 1. The van der Waals surface area contributed by atoms with Gasteiger partial charge in [0.2, 0.25) is 5.91 Å². The van der Waals surface area contributed by atoms with Crippen molar-refractivity contribution < 1.29 is 14.7 Å². The maximum Gasteiger partial charge on any atom is 0.251 e. The molecule has 0 aliphatic carbocycles. The van der Waals surface area contributed by atoms with Crippen LogP contribution in [0.2, 0.25) is 0 Å². The van der Waals surface area contributed by atoms with Gasteiger partial charge in [0.1, 0.15) is 6.10 Å². The van der Waals surface area contributed by atoms with Crippen molar-refractivity contribution in [3.63, 3.8) is 0 Å². The molecule has 2 saturated heterocycles. The molecule has 2 fully saturated rings. The molecule has 3 atom stereocenters. The number of hydrogen-bond donors (Lipinski definition) is 2. The molecule has 0 aromatic heterocycles. The van der Waals surface area contributed by atoms with Gasteiger partial charge in [-0.05, 0) is 33.1 Å². The number of amides is 2. The zero-order chi connectivity index (χ0) is 15.4. The van der Waals surface area contributed by atoms with Gasteiger partial charge in [-0.15, -0.1) is 0 Å². The smallest absolute Gasteiger partial charge is 0.251 e. The van der Waals surface area contributed by atoms with Gasteiger partial charge >= 0.3 is 0 Å². The fraction of sp³-hybridized carbons (Fsp3) is 0.867. The quantitative estimate of drug-likeness (QED) is 0.747. The zero-order valence-corrected chi connectivity index (χ0v) is 13.0. The van der Waals surface area contributed by atoms with Crippen LogP contribution in [-0.2, 0) is 9.59 Å². The van der Waals surface area contributed by atoms with Crippen LogP contribution in [0.15, 0.2) is 0 Å². The minimum Gasteiger partial charge on any atom is -0.383 e. The Morgan fingerprint density at radius 2 is 1.95 bits per heavy atom. The van der Waals surface area contributed by atoms with Crippen molar-refractivity contribution in [2.24, 2.45) is 0 Å². The second kappa shape index (κ2) is 7.22. The third-order valence-electron chi connectivity index (χ3n) is 4.67. The van der Waals surface area contributed by atoms with Crippen molar-refractivity contribution in [1.82, 2.24) is 15.1 Å². The molecule has 2 rings (SSSR count). The van der Waals surface area contributed by atoms with E-state index in [0.717, 1.165) is 6.54 Å². The van der Waals surface area contributed by atoms with Gasteiger partial charge in [-0.2, -0.15) is 0 Å². The minimum atomic E-state index is -0.923. The highest BCUT2D eigenvalue weighted by atomic mass is 16.3. The summed E-state index contributed by atoms with van der Waals surface area (Å²) < 4.78 is 0. The summed E-state index contributed by atoms with van der Waals surface area (Å²) in [4.78, 5) is 27.2. The number of aliphatic hydroxyl groups excluding tert-OH is 1. The van der Waals surface area contributed by atoms with Gasteiger partial charge in [-0.1, -0.05) is 6.42 Å². The van der Waals surface area contributed by atoms with Gasteiger partial charge < -0.3 is 15.3 Å². The van der Waals surface area contributed by atoms with Crippen molar-refractivity contribution in [2.45, 2.75) is 57.7 Å². The maximum absolute atomic E-state index is 11.9. The highest BCUT2D eigenvalue weighted by molar-refractivity contribution is 5.88. The van der Waals surface area contributed by atoms with Gasteiger partial charge in [0.05, 0.1) is 6.54 Å². The lowest BCUT2D eigenvalue weighted by molar-refractivity contribution is -0.137. The summed E-state index contributed by atoms with van der Waals surface area (Å²) >= 11 is 0. The molecule has 0 spiro atoms. The Bertz CT molecular complexity index is 378. The monoisotopic (exact) mass is 297 g/mol. The predicted molar refractivity (Wildman–Crippen MR) is 79.7 cm³/mol. The lowest BCUT2D eigenvalue weighted by Crippen LogP contribution is -2.48. The first-order chi connectivity index (χ1) is 9.99. The number of piperidine rings is 1. The highest BCUT2D eigenvalue weighted by Gasteiger charge is 2.31. The number of nitrogens with zero attached hydrogens (tertiary/aromatic N) is 2. The Morgan fingerprint density at radius 1 is 1.29 bits per heavy atom. The maximum atomic E-state index is 11.9. The largest absolute Gasteiger partial charge is 0.383 e. The number of aliphatic hydroxyl groups is 1. The molecule has 2 N–H and O–H groups in total. The van der Waals surface area contributed by atoms with E-state index in [4.69, 9.17) is 0 Å². The minimum absolute atomic E-state index is 0.0565. The molecule has 1 unspecified atom stereocenters. The van der Waals surface area contributed by atoms with E-state index in [1.54, 1.807) is 0 Å². The molecule has 120 valence electrons. The van der Waals surface area contributed by atoms with Crippen LogP contribution in [0.5, 0.6) is 0 Å². The van der Waals surface area contributed by atoms with Crippen LogP contribution in [0.3, 0.4) is 0 Å². The molecule has 2 heterocycles. The van der Waals surface area contributed by atoms with Crippen molar-refractivity contribution >= 4 is 11.8 Å². The molecule has 0 aromatic carbocycles. The lowest BCUT2D eigenvalue weighted by atomic mass is 9.98. The summed E-state index contributed by atoms with van der Waals surface area (Å²) in [5.74, 6) is -0.474. The first-order valence-electron chi connectivity index (χ1n) is 7.98. The second-order valence-corrected chi connectivity index (χ2v) is 6.28. The van der Waals surface area contributed by atoms with E-state index in [0.29, 0.717) is 31.6 Å². The average molecular weight is 297 g/mol. The van der Waals surface area contributed by atoms with Crippen molar-refractivity contribution in [2.75, 3.05) is 26.2 Å². The second-order valence-electron chi connectivity index (χ2n) is 6.28. The lowest BCUT2D eigenvalue weighted by Gasteiger charge is -2.39. The molecular formula is C15H27N3O3. The van der Waals surface area contributed by atoms with E-state index in [-0.39, 0.29) is 18.4 Å². The molecule has 0 aromatic rings. The molecule has 2 aliphatic heterocycles. The van der Waals surface area contributed by atoms with E-state index in [2.05, 4.69) is 24.1 Å². The van der Waals surface area contributed by atoms with Crippen molar-refractivity contribution in [3.05, 3.63) is 0 Å². The first kappa shape index (κ1) is 16.2. The SMILES string of the molecule is C[C@@H]1CCC[C@H](C)N1CCNC(=O)CN1CCC(O)C1=O. The standard InChI is InChI=1S/C15H27N3O3/c1-11-4-3-5-12(2)18(11)9-7-16-14(20)10-17-8-6-13(19)15(17)21/h11-13,19H,3-10H2,1-2H3,(H,16,20)/t11-,12+,13?. The third kappa shape index (κ3) is 4.17. The topological polar surface area (TPSA) is 72.9 Å². The summed E-state index contributed by atoms with van der Waals surface area (Å²) in [5.41, 5.74) is 0. The molecule has 0 saturated carbocycles. The Morgan fingerprint density at radius 3 is 2.52 bits per heavy atom. The number of rotatable bonds is 5. The van der Waals surface area contributed by atoms with E-state index >= 15 is 0 Å². The Balaban J connectivity index is 1.68. The summed E-state index contributed by atoms with van der Waals surface area (Å²) in [6, 6.07) is 1.14. The van der Waals surface area contributed by atoms with Crippen molar-refractivity contribution in [3.8, 4) is 0 Å². The molecule has 0 bridgehead atoms. The van der Waals surface area contributed by atoms with Crippen LogP contribution in [0.25, 0.3) is 0 Å². The number of carbonyl (C=O) groups is 2. The molecular weight excluding hydrogens is 270 g/mol. The van der Waals surface area contributed by atoms with Gasteiger partial charge in [-0.25, -0.2) is 0 Å². The predicted octanol–water partition coefficient (Wildman–Crippen LogP) is -0.0413. The first-order valence-corrected chi connectivity index (χ1v) is 7.98. The zero-order valence-electron chi connectivity index (χ0n) is 13.0. The van der Waals surface area contributed by atoms with E-state index in [9.17, 15) is 14.7 Å². The highest BCUT2D eigenvalue weighted by Crippen LogP contribution is 2.21. The van der Waals surface area contributed by atoms with Gasteiger partial charge in [0.25, 0.3) is 5.91 Å². The molecule has 6 nitrogen and oxygen atoms in total. The summed E-state index contributed by atoms with van der Waals surface area (Å²) in [6.07, 6.45) is 3.23. The van der Waals surface area contributed by atoms with E-state index in [1.807, 2.05) is 0 Å². The fourth-order valence-electron chi connectivity index (χ4n) is 3.35. The van der Waals surface area contributed by atoms with Crippen LogP contribution in [0.4, 0.5) is 0 Å². The summed E-state index contributed by atoms with van der Waals surface area (Å²) in [5, 5.41) is 12.2. The molecule has 2 aliphatic rings. The van der Waals surface area contributed by atoms with Crippen LogP contribution >= 0.6 is 0 Å². The molecule has 21 heavy (non-hydrogen) atoms. The Kier molecular flexibility index (Phi) is 5.58. The van der Waals surface area contributed by atoms with Crippen LogP contribution in [0, 0.1) is 0 Å². The number of carbonyl (C=O) groups excluding carboxylic acids is 2. The van der Waals surface area contributed by atoms with Crippen LogP contribution in [-0.4, -0.2) is 71.1 Å². The third-order valence-corrected chi connectivity index (χ3v) is 4.67. The number of likely N-dealkylation sites (tertiary alicyclic amines) is 2. The van der Waals surface area contributed by atoms with Crippen LogP contribution in [0.1, 0.15) is 39.5 Å². The molecule has 2 amide bonds. The normalized spacial score (nSPS) is 30.7. The summed E-state index contributed by atoms with van der Waals surface area (Å²) in [7, 11) is 0. The average Bonchev–Trinajstić information content (AvgIpc) is 2.74. The van der Waals surface area contributed by atoms with Gasteiger partial charge in [0, 0.05) is 31.7 Å².